The molecule has 1 N–H and O–H groups in total. The predicted molar refractivity (Wildman–Crippen MR) is 81.4 cm³/mol. The van der Waals surface area contributed by atoms with E-state index in [1.807, 2.05) is 0 Å². The number of amides is 1. The first-order valence-electron chi connectivity index (χ1n) is 7.33. The van der Waals surface area contributed by atoms with Gasteiger partial charge in [0.15, 0.2) is 9.84 Å². The van der Waals surface area contributed by atoms with Crippen LogP contribution in [0.25, 0.3) is 0 Å². The standard InChI is InChI=1S/C14H28N2O3S/c1-6-8-15-12-7-9-16(10-11(12)2)13(17)14(3,4)20(5,18)19/h11-12,15H,6-10H2,1-5H3. The Labute approximate surface area is 123 Å². The van der Waals surface area contributed by atoms with E-state index in [0.717, 1.165) is 25.6 Å². The van der Waals surface area contributed by atoms with Crippen LogP contribution >= 0.6 is 0 Å². The fourth-order valence-electron chi connectivity index (χ4n) is 2.50. The first-order chi connectivity index (χ1) is 9.11. The van der Waals surface area contributed by atoms with Gasteiger partial charge in [0.1, 0.15) is 4.75 Å². The monoisotopic (exact) mass is 304 g/mol. The average Bonchev–Trinajstić information content (AvgIpc) is 2.35. The van der Waals surface area contributed by atoms with E-state index in [4.69, 9.17) is 0 Å². The van der Waals surface area contributed by atoms with Crippen LogP contribution < -0.4 is 5.32 Å². The zero-order valence-electron chi connectivity index (χ0n) is 13.3. The molecule has 0 aliphatic carbocycles. The van der Waals surface area contributed by atoms with Gasteiger partial charge in [-0.15, -0.1) is 0 Å². The van der Waals surface area contributed by atoms with Gasteiger partial charge in [-0.2, -0.15) is 0 Å². The zero-order valence-corrected chi connectivity index (χ0v) is 14.1. The van der Waals surface area contributed by atoms with Crippen LogP contribution in [0.1, 0.15) is 40.5 Å². The van der Waals surface area contributed by atoms with Crippen molar-refractivity contribution in [3.8, 4) is 0 Å². The molecular formula is C14H28N2O3S. The van der Waals surface area contributed by atoms with E-state index >= 15 is 0 Å². The van der Waals surface area contributed by atoms with Crippen LogP contribution in [0, 0.1) is 5.92 Å². The summed E-state index contributed by atoms with van der Waals surface area (Å²) in [6.45, 7) is 9.47. The van der Waals surface area contributed by atoms with Crippen LogP contribution in [-0.2, 0) is 14.6 Å². The second-order valence-corrected chi connectivity index (χ2v) is 8.93. The summed E-state index contributed by atoms with van der Waals surface area (Å²) in [5.41, 5.74) is 0. The molecule has 0 spiro atoms. The van der Waals surface area contributed by atoms with Gasteiger partial charge >= 0.3 is 0 Å². The van der Waals surface area contributed by atoms with Crippen molar-refractivity contribution < 1.29 is 13.2 Å². The number of nitrogens with zero attached hydrogens (tertiary/aromatic N) is 1. The number of hydrogen-bond acceptors (Lipinski definition) is 4. The molecule has 0 radical (unpaired) electrons. The summed E-state index contributed by atoms with van der Waals surface area (Å²) in [6, 6.07) is 0.417. The summed E-state index contributed by atoms with van der Waals surface area (Å²) in [5.74, 6) is 0.0652. The van der Waals surface area contributed by atoms with Crippen LogP contribution in [0.2, 0.25) is 0 Å². The molecule has 20 heavy (non-hydrogen) atoms. The highest BCUT2D eigenvalue weighted by Gasteiger charge is 2.42. The molecule has 6 heteroatoms. The number of nitrogens with one attached hydrogen (secondary N) is 1. The summed E-state index contributed by atoms with van der Waals surface area (Å²) in [4.78, 5) is 14.2. The van der Waals surface area contributed by atoms with Crippen molar-refractivity contribution in [3.63, 3.8) is 0 Å². The van der Waals surface area contributed by atoms with Crippen molar-refractivity contribution in [2.75, 3.05) is 25.9 Å². The van der Waals surface area contributed by atoms with Gasteiger partial charge in [0.2, 0.25) is 5.91 Å². The maximum absolute atomic E-state index is 12.5. The third-order valence-electron chi connectivity index (χ3n) is 4.29. The highest BCUT2D eigenvalue weighted by atomic mass is 32.2. The lowest BCUT2D eigenvalue weighted by molar-refractivity contribution is -0.135. The minimum Gasteiger partial charge on any atom is -0.341 e. The topological polar surface area (TPSA) is 66.5 Å². The number of sulfone groups is 1. The van der Waals surface area contributed by atoms with E-state index < -0.39 is 14.6 Å². The van der Waals surface area contributed by atoms with Gasteiger partial charge in [-0.25, -0.2) is 8.42 Å². The van der Waals surface area contributed by atoms with Crippen molar-refractivity contribution in [1.82, 2.24) is 10.2 Å². The third-order valence-corrected chi connectivity index (χ3v) is 6.32. The van der Waals surface area contributed by atoms with Crippen LogP contribution in [0.5, 0.6) is 0 Å². The van der Waals surface area contributed by atoms with E-state index in [1.165, 1.54) is 13.8 Å². The Balaban J connectivity index is 2.71. The Bertz CT molecular complexity index is 445. The number of carbonyl (C=O) groups is 1. The van der Waals surface area contributed by atoms with Gasteiger partial charge in [0.25, 0.3) is 0 Å². The van der Waals surface area contributed by atoms with Crippen molar-refractivity contribution in [2.45, 2.75) is 51.3 Å². The molecule has 2 atom stereocenters. The van der Waals surface area contributed by atoms with Crippen LogP contribution in [0.3, 0.4) is 0 Å². The van der Waals surface area contributed by atoms with Gasteiger partial charge in [0.05, 0.1) is 0 Å². The molecule has 1 saturated heterocycles. The quantitative estimate of drug-likeness (QED) is 0.824. The smallest absolute Gasteiger partial charge is 0.243 e. The fourth-order valence-corrected chi connectivity index (χ4v) is 2.95. The molecule has 0 aromatic heterocycles. The third kappa shape index (κ3) is 3.73. The fraction of sp³-hybridized carbons (Fsp3) is 0.929. The van der Waals surface area contributed by atoms with Crippen LogP contribution in [0.4, 0.5) is 0 Å². The summed E-state index contributed by atoms with van der Waals surface area (Å²) in [5, 5.41) is 3.49. The minimum absolute atomic E-state index is 0.277. The largest absolute Gasteiger partial charge is 0.341 e. The highest BCUT2D eigenvalue weighted by molar-refractivity contribution is 7.92. The molecule has 1 aliphatic rings. The highest BCUT2D eigenvalue weighted by Crippen LogP contribution is 2.24. The van der Waals surface area contributed by atoms with Gasteiger partial charge in [-0.05, 0) is 39.2 Å². The van der Waals surface area contributed by atoms with Gasteiger partial charge in [-0.1, -0.05) is 13.8 Å². The van der Waals surface area contributed by atoms with Gasteiger partial charge in [-0.3, -0.25) is 4.79 Å². The molecule has 1 aliphatic heterocycles. The maximum Gasteiger partial charge on any atom is 0.243 e. The van der Waals surface area contributed by atoms with E-state index in [1.54, 1.807) is 4.90 Å². The molecule has 1 rings (SSSR count). The molecular weight excluding hydrogens is 276 g/mol. The predicted octanol–water partition coefficient (Wildman–Crippen LogP) is 1.05. The number of hydrogen-bond donors (Lipinski definition) is 1. The van der Waals surface area contributed by atoms with E-state index in [9.17, 15) is 13.2 Å². The number of likely N-dealkylation sites (tertiary alicyclic amines) is 1. The van der Waals surface area contributed by atoms with Crippen molar-refractivity contribution in [1.29, 1.82) is 0 Å². The first-order valence-corrected chi connectivity index (χ1v) is 9.22. The van der Waals surface area contributed by atoms with Crippen molar-refractivity contribution in [2.24, 2.45) is 5.92 Å². The van der Waals surface area contributed by atoms with Crippen LogP contribution in [0.15, 0.2) is 0 Å². The molecule has 0 bridgehead atoms. The van der Waals surface area contributed by atoms with Gasteiger partial charge in [0, 0.05) is 25.4 Å². The minimum atomic E-state index is -3.40. The van der Waals surface area contributed by atoms with E-state index in [2.05, 4.69) is 19.2 Å². The molecule has 1 fully saturated rings. The van der Waals surface area contributed by atoms with Crippen LogP contribution in [-0.4, -0.2) is 55.9 Å². The number of rotatable bonds is 5. The maximum atomic E-state index is 12.5. The average molecular weight is 304 g/mol. The Morgan fingerprint density at radius 3 is 2.45 bits per heavy atom. The summed E-state index contributed by atoms with van der Waals surface area (Å²) < 4.78 is 22.2. The lowest BCUT2D eigenvalue weighted by Crippen LogP contribution is -2.56. The van der Waals surface area contributed by atoms with Crippen molar-refractivity contribution in [3.05, 3.63) is 0 Å². The molecule has 0 saturated carbocycles. The number of piperidine rings is 1. The van der Waals surface area contributed by atoms with Crippen molar-refractivity contribution >= 4 is 15.7 Å². The molecule has 0 aromatic rings. The molecule has 118 valence electrons. The molecule has 0 aromatic carbocycles. The summed E-state index contributed by atoms with van der Waals surface area (Å²) >= 11 is 0. The molecule has 1 amide bonds. The SMILES string of the molecule is CCCNC1CCN(C(=O)C(C)(C)S(C)(=O)=O)CC1C. The van der Waals surface area contributed by atoms with Gasteiger partial charge < -0.3 is 10.2 Å². The first kappa shape index (κ1) is 17.4. The zero-order chi connectivity index (χ0) is 15.6. The van der Waals surface area contributed by atoms with E-state index in [-0.39, 0.29) is 5.91 Å². The summed E-state index contributed by atoms with van der Waals surface area (Å²) in [6.07, 6.45) is 3.10. The molecule has 2 unspecified atom stereocenters. The Hall–Kier alpha value is -0.620. The molecule has 5 nitrogen and oxygen atoms in total. The Morgan fingerprint density at radius 2 is 2.00 bits per heavy atom. The second kappa shape index (κ2) is 6.43. The number of carbonyl (C=O) groups excluding carboxylic acids is 1. The van der Waals surface area contributed by atoms with E-state index in [0.29, 0.717) is 25.0 Å². The second-order valence-electron chi connectivity index (χ2n) is 6.36. The lowest BCUT2D eigenvalue weighted by Gasteiger charge is -2.40. The lowest BCUT2D eigenvalue weighted by atomic mass is 9.93. The Morgan fingerprint density at radius 1 is 1.40 bits per heavy atom. The Kier molecular flexibility index (Phi) is 5.61. The molecule has 1 heterocycles. The summed E-state index contributed by atoms with van der Waals surface area (Å²) in [7, 11) is -3.40. The normalized spacial score (nSPS) is 24.8.